The molecule has 90 valence electrons. The van der Waals surface area contributed by atoms with E-state index in [9.17, 15) is 13.2 Å². The first-order chi connectivity index (χ1) is 7.47. The Balaban J connectivity index is 2.24. The smallest absolute Gasteiger partial charge is 0.327 e. The number of rotatable bonds is 5. The Bertz CT molecular complexity index is 295. The number of hydrogen-bond donors (Lipinski definition) is 1. The lowest BCUT2D eigenvalue weighted by Crippen LogP contribution is -2.23. The van der Waals surface area contributed by atoms with Crippen LogP contribution in [0, 0.1) is 0 Å². The summed E-state index contributed by atoms with van der Waals surface area (Å²) in [4.78, 5) is 0. The van der Waals surface area contributed by atoms with Crippen molar-refractivity contribution >= 4 is 0 Å². The minimum Gasteiger partial charge on any atom is -0.327 e. The van der Waals surface area contributed by atoms with Crippen LogP contribution in [0.2, 0.25) is 0 Å². The van der Waals surface area contributed by atoms with Gasteiger partial charge >= 0.3 is 6.18 Å². The van der Waals surface area contributed by atoms with Crippen LogP contribution in [0.15, 0.2) is 30.3 Å². The first-order valence-electron chi connectivity index (χ1n) is 5.33. The van der Waals surface area contributed by atoms with Crippen molar-refractivity contribution in [3.8, 4) is 0 Å². The summed E-state index contributed by atoms with van der Waals surface area (Å²) in [6.45, 7) is 0. The van der Waals surface area contributed by atoms with E-state index in [4.69, 9.17) is 5.73 Å². The normalized spacial score (nSPS) is 13.8. The molecule has 0 aromatic heterocycles. The van der Waals surface area contributed by atoms with Gasteiger partial charge in [-0.1, -0.05) is 30.3 Å². The number of nitrogens with two attached hydrogens (primary N) is 1. The van der Waals surface area contributed by atoms with Crippen molar-refractivity contribution in [3.63, 3.8) is 0 Å². The Kier molecular flexibility index (Phi) is 4.80. The van der Waals surface area contributed by atoms with Gasteiger partial charge in [-0.25, -0.2) is 0 Å². The van der Waals surface area contributed by atoms with Crippen molar-refractivity contribution < 1.29 is 13.2 Å². The summed E-state index contributed by atoms with van der Waals surface area (Å²) in [6.07, 6.45) is -3.65. The lowest BCUT2D eigenvalue weighted by atomic mass is 10.0. The fourth-order valence-electron chi connectivity index (χ4n) is 1.58. The van der Waals surface area contributed by atoms with Crippen LogP contribution < -0.4 is 5.73 Å². The first-order valence-corrected chi connectivity index (χ1v) is 5.33. The van der Waals surface area contributed by atoms with E-state index >= 15 is 0 Å². The zero-order valence-electron chi connectivity index (χ0n) is 9.00. The van der Waals surface area contributed by atoms with Crippen LogP contribution in [0.25, 0.3) is 0 Å². The minimum absolute atomic E-state index is 0.109. The highest BCUT2D eigenvalue weighted by Crippen LogP contribution is 2.22. The molecule has 0 aliphatic heterocycles. The number of benzene rings is 1. The highest BCUT2D eigenvalue weighted by molar-refractivity contribution is 5.15. The fourth-order valence-corrected chi connectivity index (χ4v) is 1.58. The monoisotopic (exact) mass is 231 g/mol. The Hall–Kier alpha value is -1.03. The van der Waals surface area contributed by atoms with E-state index in [1.807, 2.05) is 30.3 Å². The standard InChI is InChI=1S/C12H16F3N/c13-12(14,15)8-4-7-11(16)9-10-5-2-1-3-6-10/h1-3,5-6,11H,4,7-9,16H2. The third-order valence-corrected chi connectivity index (χ3v) is 2.38. The molecule has 1 aromatic rings. The van der Waals surface area contributed by atoms with Gasteiger partial charge in [-0.3, -0.25) is 0 Å². The Labute approximate surface area is 93.5 Å². The van der Waals surface area contributed by atoms with Gasteiger partial charge in [0, 0.05) is 12.5 Å². The van der Waals surface area contributed by atoms with Crippen molar-refractivity contribution in [1.82, 2.24) is 0 Å². The minimum atomic E-state index is -4.06. The van der Waals surface area contributed by atoms with Crippen molar-refractivity contribution in [2.45, 2.75) is 37.9 Å². The molecule has 0 aliphatic carbocycles. The predicted octanol–water partition coefficient (Wildman–Crippen LogP) is 3.29. The third-order valence-electron chi connectivity index (χ3n) is 2.38. The highest BCUT2D eigenvalue weighted by atomic mass is 19.4. The summed E-state index contributed by atoms with van der Waals surface area (Å²) in [5.74, 6) is 0. The second-order valence-corrected chi connectivity index (χ2v) is 3.96. The van der Waals surface area contributed by atoms with Gasteiger partial charge in [0.05, 0.1) is 0 Å². The second-order valence-electron chi connectivity index (χ2n) is 3.96. The van der Waals surface area contributed by atoms with E-state index in [1.54, 1.807) is 0 Å². The van der Waals surface area contributed by atoms with Crippen LogP contribution in [-0.2, 0) is 6.42 Å². The maximum absolute atomic E-state index is 11.9. The third kappa shape index (κ3) is 5.75. The van der Waals surface area contributed by atoms with Gasteiger partial charge in [0.25, 0.3) is 0 Å². The highest BCUT2D eigenvalue weighted by Gasteiger charge is 2.26. The van der Waals surface area contributed by atoms with Crippen molar-refractivity contribution in [2.24, 2.45) is 5.73 Å². The predicted molar refractivity (Wildman–Crippen MR) is 58.0 cm³/mol. The summed E-state index contributed by atoms with van der Waals surface area (Å²) >= 11 is 0. The van der Waals surface area contributed by atoms with Crippen LogP contribution in [-0.4, -0.2) is 12.2 Å². The first kappa shape index (κ1) is 13.0. The molecular weight excluding hydrogens is 215 g/mol. The van der Waals surface area contributed by atoms with Gasteiger partial charge in [-0.15, -0.1) is 0 Å². The van der Waals surface area contributed by atoms with E-state index < -0.39 is 12.6 Å². The number of hydrogen-bond acceptors (Lipinski definition) is 1. The number of alkyl halides is 3. The van der Waals surface area contributed by atoms with Gasteiger partial charge in [0.15, 0.2) is 0 Å². The van der Waals surface area contributed by atoms with Crippen molar-refractivity contribution in [2.75, 3.05) is 0 Å². The molecule has 0 bridgehead atoms. The van der Waals surface area contributed by atoms with E-state index in [0.29, 0.717) is 12.8 Å². The summed E-state index contributed by atoms with van der Waals surface area (Å²) in [6, 6.07) is 9.38. The molecule has 16 heavy (non-hydrogen) atoms. The molecule has 1 rings (SSSR count). The van der Waals surface area contributed by atoms with Crippen molar-refractivity contribution in [3.05, 3.63) is 35.9 Å². The zero-order chi connectivity index (χ0) is 12.0. The maximum atomic E-state index is 11.9. The molecule has 2 N–H and O–H groups in total. The van der Waals surface area contributed by atoms with Gasteiger partial charge in [-0.05, 0) is 24.8 Å². The Morgan fingerprint density at radius 1 is 1.12 bits per heavy atom. The van der Waals surface area contributed by atoms with Crippen LogP contribution in [0.1, 0.15) is 24.8 Å². The zero-order valence-corrected chi connectivity index (χ0v) is 9.00. The van der Waals surface area contributed by atoms with Gasteiger partial charge in [0.1, 0.15) is 0 Å². The summed E-state index contributed by atoms with van der Waals surface area (Å²) in [7, 11) is 0. The molecule has 0 spiro atoms. The number of halogens is 3. The fraction of sp³-hybridized carbons (Fsp3) is 0.500. The van der Waals surface area contributed by atoms with E-state index in [1.165, 1.54) is 0 Å². The molecule has 0 fully saturated rings. The van der Waals surface area contributed by atoms with E-state index in [-0.39, 0.29) is 12.5 Å². The summed E-state index contributed by atoms with van der Waals surface area (Å²) in [5.41, 5.74) is 6.84. The molecule has 0 heterocycles. The molecular formula is C12H16F3N. The van der Waals surface area contributed by atoms with Gasteiger partial charge < -0.3 is 5.73 Å². The SMILES string of the molecule is NC(CCCC(F)(F)F)Cc1ccccc1. The second kappa shape index (κ2) is 5.89. The molecule has 1 unspecified atom stereocenters. The Morgan fingerprint density at radius 2 is 1.75 bits per heavy atom. The molecule has 0 radical (unpaired) electrons. The largest absolute Gasteiger partial charge is 0.389 e. The Morgan fingerprint density at radius 3 is 2.31 bits per heavy atom. The van der Waals surface area contributed by atoms with E-state index in [2.05, 4.69) is 0 Å². The lowest BCUT2D eigenvalue weighted by molar-refractivity contribution is -0.135. The molecule has 0 aliphatic rings. The summed E-state index contributed by atoms with van der Waals surface area (Å²) in [5, 5.41) is 0. The average Bonchev–Trinajstić information content (AvgIpc) is 2.17. The van der Waals surface area contributed by atoms with Crippen LogP contribution in [0.4, 0.5) is 13.2 Å². The average molecular weight is 231 g/mol. The molecule has 4 heteroatoms. The van der Waals surface area contributed by atoms with Crippen LogP contribution >= 0.6 is 0 Å². The van der Waals surface area contributed by atoms with Crippen molar-refractivity contribution in [1.29, 1.82) is 0 Å². The molecule has 0 saturated carbocycles. The quantitative estimate of drug-likeness (QED) is 0.826. The molecule has 0 saturated heterocycles. The topological polar surface area (TPSA) is 26.0 Å². The van der Waals surface area contributed by atoms with Crippen LogP contribution in [0.5, 0.6) is 0 Å². The van der Waals surface area contributed by atoms with E-state index in [0.717, 1.165) is 5.56 Å². The lowest BCUT2D eigenvalue weighted by Gasteiger charge is -2.12. The molecule has 1 nitrogen and oxygen atoms in total. The van der Waals surface area contributed by atoms with Gasteiger partial charge in [0.2, 0.25) is 0 Å². The molecule has 0 amide bonds. The maximum Gasteiger partial charge on any atom is 0.389 e. The molecule has 1 atom stereocenters. The van der Waals surface area contributed by atoms with Gasteiger partial charge in [-0.2, -0.15) is 13.2 Å². The van der Waals surface area contributed by atoms with Crippen LogP contribution in [0.3, 0.4) is 0 Å². The summed E-state index contributed by atoms with van der Waals surface area (Å²) < 4.78 is 35.7. The molecule has 1 aromatic carbocycles.